The molecule has 1 fully saturated rings. The van der Waals surface area contributed by atoms with Gasteiger partial charge >= 0.3 is 0 Å². The van der Waals surface area contributed by atoms with Gasteiger partial charge in [-0.15, -0.1) is 5.10 Å². The Hall–Kier alpha value is -4.09. The Kier molecular flexibility index (Phi) is 7.08. The lowest BCUT2D eigenvalue weighted by Gasteiger charge is -2.39. The molecule has 9 nitrogen and oxygen atoms in total. The maximum atomic E-state index is 13.5. The molecule has 0 N–H and O–H groups in total. The van der Waals surface area contributed by atoms with Gasteiger partial charge in [-0.05, 0) is 58.5 Å². The lowest BCUT2D eigenvalue weighted by Crippen LogP contribution is -2.48. The van der Waals surface area contributed by atoms with Crippen molar-refractivity contribution in [2.75, 3.05) is 45.3 Å². The van der Waals surface area contributed by atoms with Crippen molar-refractivity contribution in [1.82, 2.24) is 30.1 Å². The Morgan fingerprint density at radius 2 is 1.74 bits per heavy atom. The summed E-state index contributed by atoms with van der Waals surface area (Å²) in [5.74, 6) is 1.85. The molecule has 0 spiro atoms. The molecule has 0 aliphatic carbocycles. The van der Waals surface area contributed by atoms with Gasteiger partial charge in [0.1, 0.15) is 23.4 Å². The molecule has 0 amide bonds. The first-order chi connectivity index (χ1) is 19.1. The summed E-state index contributed by atoms with van der Waals surface area (Å²) in [7, 11) is 3.31. The quantitative estimate of drug-likeness (QED) is 0.284. The van der Waals surface area contributed by atoms with Gasteiger partial charge in [0, 0.05) is 31.7 Å². The third-order valence-electron chi connectivity index (χ3n) is 7.01. The van der Waals surface area contributed by atoms with Gasteiger partial charge in [-0.2, -0.15) is 0 Å². The van der Waals surface area contributed by atoms with Gasteiger partial charge in [-0.3, -0.25) is 4.90 Å². The van der Waals surface area contributed by atoms with Gasteiger partial charge < -0.3 is 14.4 Å². The van der Waals surface area contributed by atoms with Crippen LogP contribution in [0, 0.1) is 5.82 Å². The number of benzene rings is 3. The van der Waals surface area contributed by atoms with Crippen LogP contribution in [0.1, 0.15) is 23.0 Å². The highest BCUT2D eigenvalue weighted by Crippen LogP contribution is 2.38. The molecular formula is C28H28FN7O2S. The summed E-state index contributed by atoms with van der Waals surface area (Å²) in [6.45, 7) is 3.57. The van der Waals surface area contributed by atoms with Crippen molar-refractivity contribution in [2.45, 2.75) is 12.6 Å². The summed E-state index contributed by atoms with van der Waals surface area (Å²) < 4.78 is 27.8. The van der Waals surface area contributed by atoms with E-state index < -0.39 is 0 Å². The summed E-state index contributed by atoms with van der Waals surface area (Å²) in [6, 6.07) is 20.1. The number of rotatable bonds is 8. The lowest BCUT2D eigenvalue weighted by atomic mass is 10.0. The van der Waals surface area contributed by atoms with Crippen LogP contribution in [0.4, 0.5) is 9.52 Å². The number of halogens is 1. The van der Waals surface area contributed by atoms with Crippen LogP contribution in [0.25, 0.3) is 10.2 Å². The summed E-state index contributed by atoms with van der Waals surface area (Å²) in [6.07, 6.45) is 0. The predicted octanol–water partition coefficient (Wildman–Crippen LogP) is 4.40. The number of piperazine rings is 1. The summed E-state index contributed by atoms with van der Waals surface area (Å²) >= 11 is 1.72. The third kappa shape index (κ3) is 5.15. The van der Waals surface area contributed by atoms with Crippen LogP contribution in [0.3, 0.4) is 0 Å². The fourth-order valence-electron chi connectivity index (χ4n) is 5.00. The van der Waals surface area contributed by atoms with E-state index >= 15 is 0 Å². The van der Waals surface area contributed by atoms with E-state index in [0.717, 1.165) is 59.5 Å². The largest absolute Gasteiger partial charge is 0.497 e. The smallest absolute Gasteiger partial charge is 0.186 e. The van der Waals surface area contributed by atoms with Crippen LogP contribution < -0.4 is 14.4 Å². The highest BCUT2D eigenvalue weighted by Gasteiger charge is 2.33. The molecule has 0 unspecified atom stereocenters. The number of hydrogen-bond donors (Lipinski definition) is 0. The van der Waals surface area contributed by atoms with Crippen molar-refractivity contribution < 1.29 is 13.9 Å². The van der Waals surface area contributed by atoms with Crippen molar-refractivity contribution in [3.63, 3.8) is 0 Å². The van der Waals surface area contributed by atoms with E-state index in [-0.39, 0.29) is 11.9 Å². The zero-order valence-corrected chi connectivity index (χ0v) is 22.5. The second-order valence-electron chi connectivity index (χ2n) is 9.32. The van der Waals surface area contributed by atoms with Crippen LogP contribution in [0.5, 0.6) is 11.5 Å². The number of thiazole rings is 1. The monoisotopic (exact) mass is 545 g/mol. The second-order valence-corrected chi connectivity index (χ2v) is 10.3. The number of aromatic nitrogens is 5. The lowest BCUT2D eigenvalue weighted by molar-refractivity contribution is 0.197. The van der Waals surface area contributed by atoms with E-state index in [4.69, 9.17) is 14.5 Å². The molecule has 200 valence electrons. The Bertz CT molecular complexity index is 1530. The summed E-state index contributed by atoms with van der Waals surface area (Å²) in [5.41, 5.74) is 2.85. The molecule has 5 aromatic rings. The van der Waals surface area contributed by atoms with Crippen molar-refractivity contribution in [3.8, 4) is 11.5 Å². The molecule has 1 saturated heterocycles. The standard InChI is InChI=1S/C28H28FN7O2S/c1-37-21-11-12-24(38-2)22(17-21)26(27-31-32-33-36(27)18-19-7-9-20(29)10-8-19)34-13-15-35(16-14-34)28-30-23-5-3-4-6-25(23)39-28/h3-12,17,26H,13-16,18H2,1-2H3/t26-/m0/s1. The molecule has 0 bridgehead atoms. The summed E-state index contributed by atoms with van der Waals surface area (Å²) in [5, 5.41) is 13.9. The normalized spacial score (nSPS) is 15.0. The molecule has 6 rings (SSSR count). The van der Waals surface area contributed by atoms with E-state index in [1.807, 2.05) is 30.3 Å². The van der Waals surface area contributed by atoms with Crippen LogP contribution >= 0.6 is 11.3 Å². The third-order valence-corrected chi connectivity index (χ3v) is 8.11. The minimum absolute atomic E-state index is 0.277. The van der Waals surface area contributed by atoms with Crippen LogP contribution in [0.2, 0.25) is 0 Å². The van der Waals surface area contributed by atoms with Crippen LogP contribution in [-0.4, -0.2) is 70.5 Å². The minimum Gasteiger partial charge on any atom is -0.497 e. The number of tetrazole rings is 1. The minimum atomic E-state index is -0.289. The van der Waals surface area contributed by atoms with E-state index in [2.05, 4.69) is 37.5 Å². The van der Waals surface area contributed by atoms with Crippen molar-refractivity contribution >= 4 is 26.7 Å². The molecule has 0 radical (unpaired) electrons. The highest BCUT2D eigenvalue weighted by molar-refractivity contribution is 7.22. The van der Waals surface area contributed by atoms with E-state index in [0.29, 0.717) is 12.4 Å². The fraction of sp³-hybridized carbons (Fsp3) is 0.286. The van der Waals surface area contributed by atoms with E-state index in [1.165, 1.54) is 16.8 Å². The van der Waals surface area contributed by atoms with Gasteiger partial charge in [-0.25, -0.2) is 14.1 Å². The molecule has 3 heterocycles. The Morgan fingerprint density at radius 1 is 0.949 bits per heavy atom. The van der Waals surface area contributed by atoms with Gasteiger partial charge in [0.15, 0.2) is 11.0 Å². The predicted molar refractivity (Wildman–Crippen MR) is 148 cm³/mol. The number of para-hydroxylation sites is 1. The topological polar surface area (TPSA) is 81.4 Å². The number of nitrogens with zero attached hydrogens (tertiary/aromatic N) is 7. The maximum absolute atomic E-state index is 13.5. The number of fused-ring (bicyclic) bond motifs is 1. The van der Waals surface area contributed by atoms with Crippen molar-refractivity contribution in [3.05, 3.63) is 89.5 Å². The molecule has 3 aromatic carbocycles. The van der Waals surface area contributed by atoms with Gasteiger partial charge in [0.05, 0.1) is 31.0 Å². The number of methoxy groups -OCH3 is 2. The highest BCUT2D eigenvalue weighted by atomic mass is 32.1. The molecule has 39 heavy (non-hydrogen) atoms. The van der Waals surface area contributed by atoms with Gasteiger partial charge in [0.2, 0.25) is 0 Å². The summed E-state index contributed by atoms with van der Waals surface area (Å²) in [4.78, 5) is 9.56. The maximum Gasteiger partial charge on any atom is 0.186 e. The first-order valence-corrected chi connectivity index (χ1v) is 13.5. The second kappa shape index (κ2) is 11.0. The average molecular weight is 546 g/mol. The number of anilines is 1. The first kappa shape index (κ1) is 25.2. The number of hydrogen-bond acceptors (Lipinski definition) is 9. The molecule has 11 heteroatoms. The van der Waals surface area contributed by atoms with Crippen LogP contribution in [-0.2, 0) is 6.54 Å². The Balaban J connectivity index is 1.33. The molecule has 0 saturated carbocycles. The first-order valence-electron chi connectivity index (χ1n) is 12.7. The van der Waals surface area contributed by atoms with E-state index in [9.17, 15) is 4.39 Å². The molecule has 1 atom stereocenters. The SMILES string of the molecule is COc1ccc(OC)c([C@@H](c2nnnn2Cc2ccc(F)cc2)N2CCN(c3nc4ccccc4s3)CC2)c1. The zero-order chi connectivity index (χ0) is 26.8. The van der Waals surface area contributed by atoms with Gasteiger partial charge in [0.25, 0.3) is 0 Å². The van der Waals surface area contributed by atoms with Crippen LogP contribution in [0.15, 0.2) is 66.7 Å². The van der Waals surface area contributed by atoms with Crippen molar-refractivity contribution in [2.24, 2.45) is 0 Å². The Labute approximate surface area is 229 Å². The van der Waals surface area contributed by atoms with Gasteiger partial charge in [-0.1, -0.05) is 35.6 Å². The molecular weight excluding hydrogens is 517 g/mol. The molecule has 1 aliphatic heterocycles. The zero-order valence-electron chi connectivity index (χ0n) is 21.7. The molecule has 1 aliphatic rings. The number of ether oxygens (including phenoxy) is 2. The fourth-order valence-corrected chi connectivity index (χ4v) is 6.02. The van der Waals surface area contributed by atoms with E-state index in [1.54, 1.807) is 42.4 Å². The average Bonchev–Trinajstić information content (AvgIpc) is 3.62. The van der Waals surface area contributed by atoms with Crippen molar-refractivity contribution in [1.29, 1.82) is 0 Å². The molecule has 2 aromatic heterocycles. The Morgan fingerprint density at radius 3 is 2.49 bits per heavy atom.